The Hall–Kier alpha value is -4.79. The van der Waals surface area contributed by atoms with Crippen LogP contribution >= 0.6 is 0 Å². The molecule has 4 bridgehead atoms. The van der Waals surface area contributed by atoms with E-state index in [-0.39, 0.29) is 36.3 Å². The lowest BCUT2D eigenvalue weighted by Crippen LogP contribution is -2.61. The van der Waals surface area contributed by atoms with Crippen LogP contribution in [0.15, 0.2) is 133 Å². The normalized spacial score (nSPS) is 27.4. The molecule has 5 aromatic rings. The molecule has 1 saturated heterocycles. The van der Waals surface area contributed by atoms with Gasteiger partial charge >= 0.3 is 6.03 Å². The van der Waals surface area contributed by atoms with Crippen molar-refractivity contribution >= 4 is 6.03 Å². The lowest BCUT2D eigenvalue weighted by molar-refractivity contribution is -0.276. The minimum atomic E-state index is -0.571. The Morgan fingerprint density at radius 3 is 1.86 bits per heavy atom. The molecule has 4 aliphatic carbocycles. The zero-order valence-electron chi connectivity index (χ0n) is 33.6. The summed E-state index contributed by atoms with van der Waals surface area (Å²) in [6, 6.07) is 46.2. The first-order valence-corrected chi connectivity index (χ1v) is 21.4. The number of benzene rings is 5. The number of ether oxygens (including phenoxy) is 2. The third kappa shape index (κ3) is 8.79. The van der Waals surface area contributed by atoms with Crippen molar-refractivity contribution in [1.82, 2.24) is 15.5 Å². The Balaban J connectivity index is 0.925. The summed E-state index contributed by atoms with van der Waals surface area (Å²) < 4.78 is 13.8. The van der Waals surface area contributed by atoms with Crippen LogP contribution in [0.25, 0.3) is 11.1 Å². The molecule has 1 aliphatic heterocycles. The second kappa shape index (κ2) is 17.2. The molecule has 4 saturated carbocycles. The second-order valence-corrected chi connectivity index (χ2v) is 17.7. The number of rotatable bonds is 13. The van der Waals surface area contributed by atoms with Gasteiger partial charge in [0.05, 0.1) is 18.8 Å². The first kappa shape index (κ1) is 38.7. The van der Waals surface area contributed by atoms with E-state index in [1.165, 1.54) is 30.4 Å². The van der Waals surface area contributed by atoms with Crippen LogP contribution < -0.4 is 10.6 Å². The van der Waals surface area contributed by atoms with Gasteiger partial charge in [-0.1, -0.05) is 140 Å². The van der Waals surface area contributed by atoms with E-state index in [0.29, 0.717) is 6.54 Å². The summed E-state index contributed by atoms with van der Waals surface area (Å²) >= 11 is 0. The summed E-state index contributed by atoms with van der Waals surface area (Å²) in [5.74, 6) is 2.41. The van der Waals surface area contributed by atoms with E-state index in [1.807, 2.05) is 18.2 Å². The molecule has 3 N–H and O–H groups in total. The second-order valence-electron chi connectivity index (χ2n) is 17.7. The van der Waals surface area contributed by atoms with Crippen LogP contribution in [0.3, 0.4) is 0 Å². The van der Waals surface area contributed by atoms with Crippen LogP contribution in [0, 0.1) is 23.7 Å². The van der Waals surface area contributed by atoms with Gasteiger partial charge in [-0.25, -0.2) is 4.79 Å². The van der Waals surface area contributed by atoms with Gasteiger partial charge in [0.25, 0.3) is 0 Å². The van der Waals surface area contributed by atoms with Crippen LogP contribution in [0.5, 0.6) is 0 Å². The number of carbonyl (C=O) groups is 1. The number of amides is 2. The van der Waals surface area contributed by atoms with Gasteiger partial charge < -0.3 is 25.2 Å². The fourth-order valence-electron chi connectivity index (χ4n) is 11.0. The molecule has 4 unspecified atom stereocenters. The number of hydrogen-bond donors (Lipinski definition) is 3. The summed E-state index contributed by atoms with van der Waals surface area (Å²) in [6.07, 6.45) is 6.59. The molecule has 5 aromatic carbocycles. The smallest absolute Gasteiger partial charge is 0.315 e. The molecule has 0 radical (unpaired) electrons. The Morgan fingerprint density at radius 1 is 0.690 bits per heavy atom. The van der Waals surface area contributed by atoms with Crippen molar-refractivity contribution in [3.63, 3.8) is 0 Å². The molecule has 10 rings (SSSR count). The Morgan fingerprint density at radius 2 is 1.26 bits per heavy atom. The Bertz CT molecular complexity index is 2050. The summed E-state index contributed by atoms with van der Waals surface area (Å²) in [7, 11) is 0. The van der Waals surface area contributed by atoms with Crippen molar-refractivity contribution < 1.29 is 19.4 Å². The lowest BCUT2D eigenvalue weighted by Gasteiger charge is -2.56. The minimum Gasteiger partial charge on any atom is -0.392 e. The Kier molecular flexibility index (Phi) is 11.5. The highest BCUT2D eigenvalue weighted by Gasteiger charge is 2.51. The molecule has 58 heavy (non-hydrogen) atoms. The monoisotopic (exact) mass is 775 g/mol. The molecule has 300 valence electrons. The molecule has 5 fully saturated rings. The zero-order valence-corrected chi connectivity index (χ0v) is 33.6. The van der Waals surface area contributed by atoms with Crippen LogP contribution in [0.4, 0.5) is 4.79 Å². The van der Waals surface area contributed by atoms with Gasteiger partial charge in [0.2, 0.25) is 0 Å². The number of aliphatic hydroxyl groups is 1. The van der Waals surface area contributed by atoms with Gasteiger partial charge in [-0.3, -0.25) is 4.90 Å². The fraction of sp³-hybridized carbons (Fsp3) is 0.392. The predicted molar refractivity (Wildman–Crippen MR) is 228 cm³/mol. The number of hydrogen-bond acceptors (Lipinski definition) is 5. The number of nitrogens with one attached hydrogen (secondary N) is 2. The van der Waals surface area contributed by atoms with Gasteiger partial charge in [-0.05, 0) is 95.2 Å². The van der Waals surface area contributed by atoms with Gasteiger partial charge in [0.1, 0.15) is 0 Å². The maximum absolute atomic E-state index is 13.4. The molecular weight excluding hydrogens is 719 g/mol. The average molecular weight is 776 g/mol. The van der Waals surface area contributed by atoms with E-state index < -0.39 is 6.29 Å². The maximum atomic E-state index is 13.4. The fourth-order valence-corrected chi connectivity index (χ4v) is 11.0. The number of aliphatic hydroxyl groups excluding tert-OH is 1. The van der Waals surface area contributed by atoms with E-state index in [0.717, 1.165) is 90.0 Å². The van der Waals surface area contributed by atoms with Crippen LogP contribution in [-0.4, -0.2) is 34.2 Å². The van der Waals surface area contributed by atoms with E-state index in [1.54, 1.807) is 0 Å². The molecule has 4 atom stereocenters. The number of nitrogens with zero attached hydrogens (tertiary/aromatic N) is 1. The first-order chi connectivity index (χ1) is 28.4. The van der Waals surface area contributed by atoms with Crippen LogP contribution in [-0.2, 0) is 35.7 Å². The van der Waals surface area contributed by atoms with E-state index in [9.17, 15) is 9.90 Å². The molecule has 7 nitrogen and oxygen atoms in total. The molecule has 2 amide bonds. The highest BCUT2D eigenvalue weighted by Crippen LogP contribution is 2.55. The highest BCUT2D eigenvalue weighted by atomic mass is 16.7. The van der Waals surface area contributed by atoms with Crippen molar-refractivity contribution in [3.05, 3.63) is 167 Å². The predicted octanol–water partition coefficient (Wildman–Crippen LogP) is 10.1. The third-order valence-electron chi connectivity index (χ3n) is 13.4. The summed E-state index contributed by atoms with van der Waals surface area (Å²) in [4.78, 5) is 15.8. The minimum absolute atomic E-state index is 0.00419. The topological polar surface area (TPSA) is 83.1 Å². The van der Waals surface area contributed by atoms with Gasteiger partial charge in [-0.15, -0.1) is 0 Å². The van der Waals surface area contributed by atoms with Gasteiger partial charge in [0.15, 0.2) is 6.29 Å². The molecule has 0 spiro atoms. The van der Waals surface area contributed by atoms with Crippen LogP contribution in [0.1, 0.15) is 91.2 Å². The van der Waals surface area contributed by atoms with Crippen molar-refractivity contribution in [3.8, 4) is 11.1 Å². The largest absolute Gasteiger partial charge is 0.392 e. The highest BCUT2D eigenvalue weighted by molar-refractivity contribution is 5.76. The molecular formula is C51H57N3O4. The van der Waals surface area contributed by atoms with Crippen molar-refractivity contribution in [2.45, 2.75) is 95.7 Å². The van der Waals surface area contributed by atoms with Crippen molar-refractivity contribution in [2.75, 3.05) is 6.54 Å². The van der Waals surface area contributed by atoms with Gasteiger partial charge in [0, 0.05) is 43.2 Å². The number of urea groups is 1. The number of carbonyl (C=O) groups excluding carboxylic acids is 1. The zero-order chi connectivity index (χ0) is 39.5. The van der Waals surface area contributed by atoms with Crippen LogP contribution in [0.2, 0.25) is 0 Å². The average Bonchev–Trinajstić information content (AvgIpc) is 3.24. The summed E-state index contributed by atoms with van der Waals surface area (Å²) in [5, 5.41) is 16.5. The van der Waals surface area contributed by atoms with E-state index in [4.69, 9.17) is 9.47 Å². The standard InChI is InChI=1S/C51H57N3O4/c1-35-47(33-54(31-36-10-4-2-5-11-36)32-37-12-6-3-7-13-37)57-49(58-48(35)43-18-16-38(34-55)17-19-43)44-22-20-42(21-23-44)46-15-9-8-14-45(46)30-52-50(56)53-51-27-39-24-40(28-51)26-41(25-39)29-51/h2-23,35,39-41,47-49,55H,24-34H2,1H3,(H2,52,53,56). The molecule has 0 aromatic heterocycles. The first-order valence-electron chi connectivity index (χ1n) is 21.4. The lowest BCUT2D eigenvalue weighted by atomic mass is 9.53. The Labute approximate surface area is 343 Å². The quantitative estimate of drug-likeness (QED) is 0.111. The SMILES string of the molecule is CC1C(CN(Cc2ccccc2)Cc2ccccc2)OC(c2ccc(-c3ccccc3CNC(=O)NC34CC5CC(CC(C5)C3)C4)cc2)OC1c1ccc(CO)cc1. The molecule has 5 aliphatic rings. The van der Waals surface area contributed by atoms with Crippen molar-refractivity contribution in [2.24, 2.45) is 23.7 Å². The maximum Gasteiger partial charge on any atom is 0.315 e. The third-order valence-corrected chi connectivity index (χ3v) is 13.4. The van der Waals surface area contributed by atoms with E-state index >= 15 is 0 Å². The van der Waals surface area contributed by atoms with Gasteiger partial charge in [-0.2, -0.15) is 0 Å². The summed E-state index contributed by atoms with van der Waals surface area (Å²) in [5.41, 5.74) is 8.68. The summed E-state index contributed by atoms with van der Waals surface area (Å²) in [6.45, 7) is 5.03. The molecule has 1 heterocycles. The van der Waals surface area contributed by atoms with Crippen molar-refractivity contribution in [1.29, 1.82) is 0 Å². The molecule has 7 heteroatoms. The van der Waals surface area contributed by atoms with E-state index in [2.05, 4.69) is 138 Å².